The van der Waals surface area contributed by atoms with Crippen LogP contribution in [0.4, 0.5) is 11.5 Å². The number of halogens is 1. The second-order valence-electron chi connectivity index (χ2n) is 4.36. The van der Waals surface area contributed by atoms with E-state index in [1.807, 2.05) is 6.92 Å². The van der Waals surface area contributed by atoms with E-state index < -0.39 is 4.92 Å². The molecule has 0 atom stereocenters. The summed E-state index contributed by atoms with van der Waals surface area (Å²) < 4.78 is 2.29. The van der Waals surface area contributed by atoms with Crippen molar-refractivity contribution < 1.29 is 4.92 Å². The van der Waals surface area contributed by atoms with Crippen LogP contribution in [0.3, 0.4) is 0 Å². The number of hydrogen-bond acceptors (Lipinski definition) is 5. The molecule has 7 nitrogen and oxygen atoms in total. The van der Waals surface area contributed by atoms with Crippen LogP contribution >= 0.6 is 15.9 Å². The molecule has 0 amide bonds. The van der Waals surface area contributed by atoms with Crippen molar-refractivity contribution in [2.24, 2.45) is 0 Å². The maximum Gasteiger partial charge on any atom is 0.275 e. The molecule has 20 heavy (non-hydrogen) atoms. The number of anilines is 1. The van der Waals surface area contributed by atoms with Gasteiger partial charge in [-0.1, -0.05) is 34.5 Å². The van der Waals surface area contributed by atoms with E-state index in [-0.39, 0.29) is 12.2 Å². The van der Waals surface area contributed by atoms with Gasteiger partial charge in [-0.3, -0.25) is 10.1 Å². The molecule has 0 aliphatic carbocycles. The van der Waals surface area contributed by atoms with Crippen LogP contribution in [0, 0.1) is 10.1 Å². The summed E-state index contributed by atoms with van der Waals surface area (Å²) >= 11 is 3.23. The molecule has 0 unspecified atom stereocenters. The summed E-state index contributed by atoms with van der Waals surface area (Å²) in [6.45, 7) is 2.31. The molecular formula is C12H14BrN5O2. The van der Waals surface area contributed by atoms with Gasteiger partial charge in [0.1, 0.15) is 0 Å². The van der Waals surface area contributed by atoms with Crippen LogP contribution in [-0.4, -0.2) is 19.9 Å². The van der Waals surface area contributed by atoms with E-state index >= 15 is 0 Å². The summed E-state index contributed by atoms with van der Waals surface area (Å²) in [7, 11) is 0. The number of rotatable bonds is 5. The van der Waals surface area contributed by atoms with Gasteiger partial charge >= 0.3 is 0 Å². The van der Waals surface area contributed by atoms with Gasteiger partial charge in [-0.25, -0.2) is 4.68 Å². The first-order valence-corrected chi connectivity index (χ1v) is 6.93. The first-order chi connectivity index (χ1) is 9.52. The summed E-state index contributed by atoms with van der Waals surface area (Å²) in [5.41, 5.74) is 7.20. The Balaban J connectivity index is 2.37. The number of nitrogens with two attached hydrogens (primary N) is 1. The predicted octanol–water partition coefficient (Wildman–Crippen LogP) is 2.53. The van der Waals surface area contributed by atoms with E-state index in [0.717, 1.165) is 18.5 Å². The highest BCUT2D eigenvalue weighted by Crippen LogP contribution is 2.25. The monoisotopic (exact) mass is 339 g/mol. The van der Waals surface area contributed by atoms with Gasteiger partial charge in [-0.15, -0.1) is 5.10 Å². The second-order valence-corrected chi connectivity index (χ2v) is 5.27. The molecule has 0 saturated heterocycles. The van der Waals surface area contributed by atoms with E-state index in [2.05, 4.69) is 26.2 Å². The van der Waals surface area contributed by atoms with E-state index in [1.165, 1.54) is 6.07 Å². The Kier molecular flexibility index (Phi) is 4.33. The van der Waals surface area contributed by atoms with E-state index in [1.54, 1.807) is 16.8 Å². The Hall–Kier alpha value is -1.96. The van der Waals surface area contributed by atoms with Crippen molar-refractivity contribution in [1.29, 1.82) is 0 Å². The maximum absolute atomic E-state index is 11.1. The maximum atomic E-state index is 11.1. The van der Waals surface area contributed by atoms with Gasteiger partial charge in [0.15, 0.2) is 5.82 Å². The fourth-order valence-electron chi connectivity index (χ4n) is 1.97. The van der Waals surface area contributed by atoms with Gasteiger partial charge in [0, 0.05) is 10.5 Å². The Morgan fingerprint density at radius 1 is 1.50 bits per heavy atom. The van der Waals surface area contributed by atoms with Gasteiger partial charge in [-0.2, -0.15) is 0 Å². The quantitative estimate of drug-likeness (QED) is 0.666. The minimum atomic E-state index is -0.403. The van der Waals surface area contributed by atoms with Crippen LogP contribution in [0.1, 0.15) is 24.6 Å². The van der Waals surface area contributed by atoms with Crippen LogP contribution in [0.5, 0.6) is 0 Å². The van der Waals surface area contributed by atoms with Crippen LogP contribution < -0.4 is 5.73 Å². The van der Waals surface area contributed by atoms with Crippen LogP contribution in [0.25, 0.3) is 0 Å². The average molecular weight is 340 g/mol. The van der Waals surface area contributed by atoms with Crippen molar-refractivity contribution in [3.05, 3.63) is 44.0 Å². The standard InChI is InChI=1S/C12H14BrN5O2/c1-2-3-10-12(14)15-16-17(10)7-8-4-5-9(13)6-11(8)18(19)20/h4-6H,2-3,7,14H2,1H3. The second kappa shape index (κ2) is 6.00. The fourth-order valence-corrected chi connectivity index (χ4v) is 2.32. The van der Waals surface area contributed by atoms with Crippen molar-refractivity contribution >= 4 is 27.4 Å². The molecule has 1 aromatic heterocycles. The number of nitrogen functional groups attached to an aromatic ring is 1. The summed E-state index contributed by atoms with van der Waals surface area (Å²) in [4.78, 5) is 10.7. The van der Waals surface area contributed by atoms with Gasteiger partial charge in [-0.05, 0) is 18.6 Å². The van der Waals surface area contributed by atoms with Crippen LogP contribution in [-0.2, 0) is 13.0 Å². The molecule has 2 aromatic rings. The van der Waals surface area contributed by atoms with Crippen molar-refractivity contribution in [1.82, 2.24) is 15.0 Å². The number of benzene rings is 1. The molecule has 0 aliphatic heterocycles. The van der Waals surface area contributed by atoms with Crippen molar-refractivity contribution in [3.8, 4) is 0 Å². The topological polar surface area (TPSA) is 99.9 Å². The molecule has 0 saturated carbocycles. The molecule has 2 N–H and O–H groups in total. The average Bonchev–Trinajstić information content (AvgIpc) is 2.74. The molecular weight excluding hydrogens is 326 g/mol. The zero-order valence-electron chi connectivity index (χ0n) is 10.9. The number of aromatic nitrogens is 3. The third-order valence-electron chi connectivity index (χ3n) is 2.92. The summed E-state index contributed by atoms with van der Waals surface area (Å²) in [6.07, 6.45) is 1.64. The van der Waals surface area contributed by atoms with Gasteiger partial charge in [0.25, 0.3) is 5.69 Å². The highest BCUT2D eigenvalue weighted by molar-refractivity contribution is 9.10. The van der Waals surface area contributed by atoms with Gasteiger partial charge in [0.05, 0.1) is 22.7 Å². The first kappa shape index (κ1) is 14.4. The minimum Gasteiger partial charge on any atom is -0.381 e. The zero-order chi connectivity index (χ0) is 14.7. The smallest absolute Gasteiger partial charge is 0.275 e. The van der Waals surface area contributed by atoms with Crippen molar-refractivity contribution in [2.45, 2.75) is 26.3 Å². The summed E-state index contributed by atoms with van der Waals surface area (Å²) in [5.74, 6) is 0.381. The molecule has 0 fully saturated rings. The van der Waals surface area contributed by atoms with Gasteiger partial charge < -0.3 is 5.73 Å². The van der Waals surface area contributed by atoms with E-state index in [9.17, 15) is 10.1 Å². The fraction of sp³-hybridized carbons (Fsp3) is 0.333. The number of hydrogen-bond donors (Lipinski definition) is 1. The molecule has 0 aliphatic rings. The molecule has 0 radical (unpaired) electrons. The lowest BCUT2D eigenvalue weighted by atomic mass is 10.1. The number of nitro benzene ring substituents is 1. The van der Waals surface area contributed by atoms with Crippen molar-refractivity contribution in [2.75, 3.05) is 5.73 Å². The van der Waals surface area contributed by atoms with E-state index in [4.69, 9.17) is 5.73 Å². The Morgan fingerprint density at radius 3 is 2.90 bits per heavy atom. The lowest BCUT2D eigenvalue weighted by molar-refractivity contribution is -0.385. The molecule has 1 aromatic carbocycles. The minimum absolute atomic E-state index is 0.0518. The Labute approximate surface area is 124 Å². The first-order valence-electron chi connectivity index (χ1n) is 6.13. The third kappa shape index (κ3) is 2.96. The highest BCUT2D eigenvalue weighted by atomic mass is 79.9. The number of nitro groups is 1. The Bertz CT molecular complexity index is 641. The lowest BCUT2D eigenvalue weighted by Crippen LogP contribution is -2.09. The summed E-state index contributed by atoms with van der Waals surface area (Å²) in [5, 5.41) is 18.9. The third-order valence-corrected chi connectivity index (χ3v) is 3.41. The number of nitrogens with zero attached hydrogens (tertiary/aromatic N) is 4. The molecule has 106 valence electrons. The Morgan fingerprint density at radius 2 is 2.25 bits per heavy atom. The van der Waals surface area contributed by atoms with Gasteiger partial charge in [0.2, 0.25) is 0 Å². The van der Waals surface area contributed by atoms with Crippen LogP contribution in [0.2, 0.25) is 0 Å². The predicted molar refractivity (Wildman–Crippen MR) is 78.3 cm³/mol. The molecule has 8 heteroatoms. The molecule has 0 bridgehead atoms. The zero-order valence-corrected chi connectivity index (χ0v) is 12.5. The molecule has 0 spiro atoms. The summed E-state index contributed by atoms with van der Waals surface area (Å²) in [6, 6.07) is 4.95. The lowest BCUT2D eigenvalue weighted by Gasteiger charge is -2.07. The SMILES string of the molecule is CCCc1c(N)nnn1Cc1ccc(Br)cc1[N+](=O)[O-]. The largest absolute Gasteiger partial charge is 0.381 e. The highest BCUT2D eigenvalue weighted by Gasteiger charge is 2.17. The normalized spacial score (nSPS) is 10.7. The van der Waals surface area contributed by atoms with Crippen LogP contribution in [0.15, 0.2) is 22.7 Å². The molecule has 1 heterocycles. The molecule has 2 rings (SSSR count). The van der Waals surface area contributed by atoms with Crippen molar-refractivity contribution in [3.63, 3.8) is 0 Å². The van der Waals surface area contributed by atoms with E-state index in [0.29, 0.717) is 15.9 Å².